The number of hydrogen-bond donors (Lipinski definition) is 2. The van der Waals surface area contributed by atoms with Gasteiger partial charge >= 0.3 is 0 Å². The Morgan fingerprint density at radius 2 is 2.00 bits per heavy atom. The summed E-state index contributed by atoms with van der Waals surface area (Å²) in [6, 6.07) is 6.36. The molecule has 1 aliphatic heterocycles. The molecule has 2 amide bonds. The molecule has 0 radical (unpaired) electrons. The van der Waals surface area contributed by atoms with Crippen molar-refractivity contribution in [2.24, 2.45) is 5.92 Å². The molecule has 1 aromatic carbocycles. The second-order valence-corrected chi connectivity index (χ2v) is 4.76. The van der Waals surface area contributed by atoms with E-state index in [0.717, 1.165) is 5.56 Å². The van der Waals surface area contributed by atoms with E-state index in [2.05, 4.69) is 10.6 Å². The third kappa shape index (κ3) is 3.64. The van der Waals surface area contributed by atoms with Crippen LogP contribution in [-0.2, 0) is 16.1 Å². The Hall–Kier alpha value is -2.21. The van der Waals surface area contributed by atoms with Gasteiger partial charge in [-0.05, 0) is 17.5 Å². The van der Waals surface area contributed by atoms with E-state index < -0.39 is 5.97 Å². The van der Waals surface area contributed by atoms with Crippen molar-refractivity contribution >= 4 is 17.8 Å². The first-order valence-corrected chi connectivity index (χ1v) is 6.41. The minimum Gasteiger partial charge on any atom is -0.545 e. The number of carbonyl (C=O) groups excluding carboxylic acids is 3. The van der Waals surface area contributed by atoms with Crippen LogP contribution in [0.5, 0.6) is 0 Å². The van der Waals surface area contributed by atoms with Crippen LogP contribution in [0.4, 0.5) is 0 Å². The number of carboxylic acids is 1. The standard InChI is InChI=1S/C14H16N2O4/c17-12-6-5-11(13(18)16-12)8-15-7-9-1-3-10(4-2-9)14(19)20/h1-4,11,15H,5-8H2,(H,19,20)(H,16,17,18)/p-1. The SMILES string of the molecule is O=C1CCC(CNCc2ccc(C(=O)[O-])cc2)C(=O)N1. The second kappa shape index (κ2) is 6.29. The number of aromatic carboxylic acids is 1. The third-order valence-corrected chi connectivity index (χ3v) is 3.26. The largest absolute Gasteiger partial charge is 0.545 e. The van der Waals surface area contributed by atoms with E-state index >= 15 is 0 Å². The van der Waals surface area contributed by atoms with Crippen molar-refractivity contribution in [3.8, 4) is 0 Å². The van der Waals surface area contributed by atoms with Gasteiger partial charge in [-0.25, -0.2) is 0 Å². The van der Waals surface area contributed by atoms with Crippen molar-refractivity contribution in [2.75, 3.05) is 6.54 Å². The molecule has 0 spiro atoms. The molecule has 1 fully saturated rings. The predicted molar refractivity (Wildman–Crippen MR) is 68.4 cm³/mol. The molecule has 1 aromatic rings. The lowest BCUT2D eigenvalue weighted by Gasteiger charge is -2.21. The van der Waals surface area contributed by atoms with Gasteiger partial charge in [-0.3, -0.25) is 14.9 Å². The van der Waals surface area contributed by atoms with Crippen LogP contribution >= 0.6 is 0 Å². The van der Waals surface area contributed by atoms with Crippen molar-refractivity contribution in [1.29, 1.82) is 0 Å². The summed E-state index contributed by atoms with van der Waals surface area (Å²) in [4.78, 5) is 33.1. The second-order valence-electron chi connectivity index (χ2n) is 4.76. The maximum Gasteiger partial charge on any atom is 0.230 e. The summed E-state index contributed by atoms with van der Waals surface area (Å²) in [7, 11) is 0. The zero-order valence-corrected chi connectivity index (χ0v) is 10.8. The number of imide groups is 1. The van der Waals surface area contributed by atoms with E-state index in [4.69, 9.17) is 0 Å². The molecular formula is C14H15N2O4-. The molecule has 2 N–H and O–H groups in total. The fourth-order valence-electron chi connectivity index (χ4n) is 2.08. The summed E-state index contributed by atoms with van der Waals surface area (Å²) in [5.41, 5.74) is 1.06. The van der Waals surface area contributed by atoms with Gasteiger partial charge in [0.05, 0.1) is 11.9 Å². The average molecular weight is 275 g/mol. The monoisotopic (exact) mass is 275 g/mol. The van der Waals surface area contributed by atoms with Crippen molar-refractivity contribution in [3.63, 3.8) is 0 Å². The molecule has 106 valence electrons. The number of nitrogens with one attached hydrogen (secondary N) is 2. The highest BCUT2D eigenvalue weighted by Crippen LogP contribution is 2.11. The lowest BCUT2D eigenvalue weighted by molar-refractivity contribution is -0.255. The van der Waals surface area contributed by atoms with Gasteiger partial charge in [0.1, 0.15) is 0 Å². The molecule has 1 aliphatic rings. The van der Waals surface area contributed by atoms with Gasteiger partial charge in [-0.1, -0.05) is 24.3 Å². The van der Waals surface area contributed by atoms with Crippen molar-refractivity contribution in [1.82, 2.24) is 10.6 Å². The molecular weight excluding hydrogens is 260 g/mol. The van der Waals surface area contributed by atoms with Crippen LogP contribution in [0.25, 0.3) is 0 Å². The number of hydrogen-bond acceptors (Lipinski definition) is 5. The lowest BCUT2D eigenvalue weighted by Crippen LogP contribution is -2.44. The number of piperidine rings is 1. The Bertz CT molecular complexity index is 524. The molecule has 6 heteroatoms. The minimum atomic E-state index is -1.20. The van der Waals surface area contributed by atoms with Crippen molar-refractivity contribution in [3.05, 3.63) is 35.4 Å². The Morgan fingerprint density at radius 3 is 2.60 bits per heavy atom. The van der Waals surface area contributed by atoms with E-state index in [0.29, 0.717) is 25.9 Å². The van der Waals surface area contributed by atoms with Crippen LogP contribution in [0.1, 0.15) is 28.8 Å². The van der Waals surface area contributed by atoms with Crippen LogP contribution in [0.2, 0.25) is 0 Å². The van der Waals surface area contributed by atoms with Crippen LogP contribution in [-0.4, -0.2) is 24.3 Å². The number of amides is 2. The van der Waals surface area contributed by atoms with E-state index in [-0.39, 0.29) is 23.3 Å². The van der Waals surface area contributed by atoms with Crippen LogP contribution in [0, 0.1) is 5.92 Å². The molecule has 1 unspecified atom stereocenters. The Labute approximate surface area is 116 Å². The van der Waals surface area contributed by atoms with Gasteiger partial charge < -0.3 is 15.2 Å². The number of rotatable bonds is 5. The molecule has 0 aliphatic carbocycles. The first kappa shape index (κ1) is 14.2. The summed E-state index contributed by atoms with van der Waals surface area (Å²) in [6.45, 7) is 1.02. The number of carboxylic acid groups (broad SMARTS) is 1. The minimum absolute atomic E-state index is 0.138. The van der Waals surface area contributed by atoms with Gasteiger partial charge in [0.15, 0.2) is 0 Å². The molecule has 1 saturated heterocycles. The topological polar surface area (TPSA) is 98.3 Å². The zero-order valence-electron chi connectivity index (χ0n) is 10.8. The molecule has 6 nitrogen and oxygen atoms in total. The summed E-state index contributed by atoms with van der Waals surface area (Å²) < 4.78 is 0. The zero-order chi connectivity index (χ0) is 14.5. The molecule has 0 saturated carbocycles. The smallest absolute Gasteiger partial charge is 0.230 e. The highest BCUT2D eigenvalue weighted by Gasteiger charge is 2.25. The van der Waals surface area contributed by atoms with Gasteiger partial charge in [0.25, 0.3) is 0 Å². The number of benzene rings is 1. The van der Waals surface area contributed by atoms with Gasteiger partial charge in [-0.2, -0.15) is 0 Å². The highest BCUT2D eigenvalue weighted by molar-refractivity contribution is 5.98. The molecule has 2 rings (SSSR count). The third-order valence-electron chi connectivity index (χ3n) is 3.26. The summed E-state index contributed by atoms with van der Waals surface area (Å²) in [5.74, 6) is -1.85. The lowest BCUT2D eigenvalue weighted by atomic mass is 9.98. The Balaban J connectivity index is 1.79. The van der Waals surface area contributed by atoms with E-state index in [1.54, 1.807) is 12.1 Å². The van der Waals surface area contributed by atoms with Gasteiger partial charge in [-0.15, -0.1) is 0 Å². The predicted octanol–water partition coefficient (Wildman–Crippen LogP) is -0.807. The van der Waals surface area contributed by atoms with E-state index in [1.165, 1.54) is 12.1 Å². The Morgan fingerprint density at radius 1 is 1.30 bits per heavy atom. The normalized spacial score (nSPS) is 18.7. The first-order chi connectivity index (χ1) is 9.56. The molecule has 0 bridgehead atoms. The van der Waals surface area contributed by atoms with E-state index in [1.807, 2.05) is 0 Å². The van der Waals surface area contributed by atoms with E-state index in [9.17, 15) is 19.5 Å². The fraction of sp³-hybridized carbons (Fsp3) is 0.357. The molecule has 20 heavy (non-hydrogen) atoms. The summed E-state index contributed by atoms with van der Waals surface area (Å²) in [6.07, 6.45) is 0.930. The molecule has 1 heterocycles. The molecule has 1 atom stereocenters. The summed E-state index contributed by atoms with van der Waals surface area (Å²) in [5, 5.41) is 16.0. The summed E-state index contributed by atoms with van der Waals surface area (Å²) >= 11 is 0. The van der Waals surface area contributed by atoms with Crippen LogP contribution in [0.3, 0.4) is 0 Å². The van der Waals surface area contributed by atoms with Gasteiger partial charge in [0.2, 0.25) is 11.8 Å². The molecule has 0 aromatic heterocycles. The highest BCUT2D eigenvalue weighted by atomic mass is 16.4. The number of carbonyl (C=O) groups is 3. The van der Waals surface area contributed by atoms with Crippen LogP contribution in [0.15, 0.2) is 24.3 Å². The fourth-order valence-corrected chi connectivity index (χ4v) is 2.08. The van der Waals surface area contributed by atoms with Crippen LogP contribution < -0.4 is 15.7 Å². The van der Waals surface area contributed by atoms with Crippen molar-refractivity contribution < 1.29 is 19.5 Å². The maximum atomic E-state index is 11.5. The average Bonchev–Trinajstić information content (AvgIpc) is 2.42. The Kier molecular flexibility index (Phi) is 4.47. The first-order valence-electron chi connectivity index (χ1n) is 6.41. The maximum absolute atomic E-state index is 11.5. The quantitative estimate of drug-likeness (QED) is 0.685. The van der Waals surface area contributed by atoms with Gasteiger partial charge in [0, 0.05) is 19.5 Å². The van der Waals surface area contributed by atoms with Crippen molar-refractivity contribution in [2.45, 2.75) is 19.4 Å².